The maximum absolute atomic E-state index is 13.0. The fourth-order valence-electron chi connectivity index (χ4n) is 4.70. The van der Waals surface area contributed by atoms with Crippen LogP contribution in [0.4, 0.5) is 5.69 Å². The summed E-state index contributed by atoms with van der Waals surface area (Å²) < 4.78 is 5.28. The molecule has 1 saturated heterocycles. The molecule has 1 aliphatic heterocycles. The van der Waals surface area contributed by atoms with Crippen molar-refractivity contribution in [2.75, 3.05) is 38.2 Å². The lowest BCUT2D eigenvalue weighted by molar-refractivity contribution is -0.151. The fourth-order valence-corrected chi connectivity index (χ4v) is 4.70. The number of nitrogens with zero attached hydrogens (tertiary/aromatic N) is 2. The lowest BCUT2D eigenvalue weighted by atomic mass is 9.82. The summed E-state index contributed by atoms with van der Waals surface area (Å²) in [4.78, 5) is 28.8. The third-order valence-corrected chi connectivity index (χ3v) is 6.04. The van der Waals surface area contributed by atoms with Crippen LogP contribution in [0, 0.1) is 23.7 Å². The summed E-state index contributed by atoms with van der Waals surface area (Å²) in [5.74, 6) is -0.858. The van der Waals surface area contributed by atoms with Crippen molar-refractivity contribution in [3.05, 3.63) is 36.4 Å². The number of piperazine rings is 1. The van der Waals surface area contributed by atoms with Crippen molar-refractivity contribution in [3.8, 4) is 5.75 Å². The zero-order valence-electron chi connectivity index (χ0n) is 14.9. The largest absolute Gasteiger partial charge is 0.497 e. The number of carbonyl (C=O) groups is 2. The number of anilines is 1. The van der Waals surface area contributed by atoms with Gasteiger partial charge in [-0.25, -0.2) is 0 Å². The number of ether oxygens (including phenoxy) is 1. The molecule has 1 N–H and O–H groups in total. The summed E-state index contributed by atoms with van der Waals surface area (Å²) >= 11 is 0. The van der Waals surface area contributed by atoms with E-state index in [-0.39, 0.29) is 17.7 Å². The Bertz CT molecular complexity index is 739. The number of rotatable bonds is 4. The highest BCUT2D eigenvalue weighted by Crippen LogP contribution is 2.48. The molecular weight excluding hydrogens is 332 g/mol. The molecule has 1 aromatic rings. The lowest BCUT2D eigenvalue weighted by Gasteiger charge is -2.38. The summed E-state index contributed by atoms with van der Waals surface area (Å²) in [5.41, 5.74) is 1.09. The van der Waals surface area contributed by atoms with Crippen LogP contribution in [0.5, 0.6) is 5.75 Å². The van der Waals surface area contributed by atoms with E-state index in [2.05, 4.69) is 4.90 Å². The molecule has 6 nitrogen and oxygen atoms in total. The summed E-state index contributed by atoms with van der Waals surface area (Å²) in [7, 11) is 1.65. The molecule has 0 aromatic heterocycles. The Labute approximate surface area is 153 Å². The first-order valence-corrected chi connectivity index (χ1v) is 9.17. The minimum absolute atomic E-state index is 0.0135. The number of aliphatic carboxylic acids is 1. The van der Waals surface area contributed by atoms with Crippen LogP contribution in [0.3, 0.4) is 0 Å². The number of hydrogen-bond donors (Lipinski definition) is 1. The number of fused-ring (bicyclic) bond motifs is 2. The monoisotopic (exact) mass is 356 g/mol. The number of amides is 1. The molecule has 4 unspecified atom stereocenters. The zero-order valence-corrected chi connectivity index (χ0v) is 14.9. The molecule has 3 aliphatic rings. The second-order valence-electron chi connectivity index (χ2n) is 7.35. The van der Waals surface area contributed by atoms with Crippen LogP contribution < -0.4 is 9.64 Å². The van der Waals surface area contributed by atoms with Gasteiger partial charge in [0.15, 0.2) is 0 Å². The number of benzene rings is 1. The van der Waals surface area contributed by atoms with Crippen LogP contribution in [-0.2, 0) is 9.59 Å². The first-order valence-electron chi connectivity index (χ1n) is 9.17. The van der Waals surface area contributed by atoms with Crippen molar-refractivity contribution in [1.29, 1.82) is 0 Å². The van der Waals surface area contributed by atoms with Gasteiger partial charge in [0.2, 0.25) is 5.91 Å². The van der Waals surface area contributed by atoms with E-state index in [4.69, 9.17) is 4.74 Å². The average molecular weight is 356 g/mol. The van der Waals surface area contributed by atoms with Crippen molar-refractivity contribution in [3.63, 3.8) is 0 Å². The van der Waals surface area contributed by atoms with Crippen molar-refractivity contribution in [1.82, 2.24) is 4.90 Å². The van der Waals surface area contributed by atoms with Crippen LogP contribution in [0.15, 0.2) is 36.4 Å². The van der Waals surface area contributed by atoms with Gasteiger partial charge in [-0.1, -0.05) is 18.2 Å². The quantitative estimate of drug-likeness (QED) is 0.834. The van der Waals surface area contributed by atoms with E-state index in [9.17, 15) is 14.7 Å². The van der Waals surface area contributed by atoms with Gasteiger partial charge in [-0.2, -0.15) is 0 Å². The molecule has 1 amide bonds. The second-order valence-corrected chi connectivity index (χ2v) is 7.35. The Morgan fingerprint density at radius 2 is 1.77 bits per heavy atom. The summed E-state index contributed by atoms with van der Waals surface area (Å²) in [6.07, 6.45) is 4.82. The predicted octanol–water partition coefficient (Wildman–Crippen LogP) is 1.87. The highest BCUT2D eigenvalue weighted by Gasteiger charge is 2.52. The molecule has 1 aromatic carbocycles. The molecule has 6 heteroatoms. The third-order valence-electron chi connectivity index (χ3n) is 6.04. The Morgan fingerprint density at radius 3 is 2.42 bits per heavy atom. The summed E-state index contributed by atoms with van der Waals surface area (Å²) in [6, 6.07) is 7.92. The van der Waals surface area contributed by atoms with Crippen molar-refractivity contribution >= 4 is 17.6 Å². The Hall–Kier alpha value is -2.50. The van der Waals surface area contributed by atoms with E-state index in [1.807, 2.05) is 41.3 Å². The second kappa shape index (κ2) is 6.67. The maximum Gasteiger partial charge on any atom is 0.307 e. The molecule has 2 fully saturated rings. The van der Waals surface area contributed by atoms with Crippen molar-refractivity contribution in [2.45, 2.75) is 6.42 Å². The number of methoxy groups -OCH3 is 1. The van der Waals surface area contributed by atoms with E-state index < -0.39 is 17.8 Å². The van der Waals surface area contributed by atoms with E-state index in [0.717, 1.165) is 30.9 Å². The van der Waals surface area contributed by atoms with Gasteiger partial charge in [0.1, 0.15) is 5.75 Å². The number of allylic oxidation sites excluding steroid dienone is 2. The van der Waals surface area contributed by atoms with Crippen LogP contribution in [-0.4, -0.2) is 55.2 Å². The van der Waals surface area contributed by atoms with Crippen LogP contribution >= 0.6 is 0 Å². The van der Waals surface area contributed by atoms with Crippen LogP contribution in [0.1, 0.15) is 6.42 Å². The topological polar surface area (TPSA) is 70.1 Å². The van der Waals surface area contributed by atoms with E-state index in [1.54, 1.807) is 7.11 Å². The van der Waals surface area contributed by atoms with Crippen molar-refractivity contribution in [2.24, 2.45) is 23.7 Å². The molecule has 1 saturated carbocycles. The molecule has 1 heterocycles. The lowest BCUT2D eigenvalue weighted by Crippen LogP contribution is -2.52. The Kier molecular flexibility index (Phi) is 4.34. The number of hydrogen-bond acceptors (Lipinski definition) is 4. The molecule has 2 aliphatic carbocycles. The predicted molar refractivity (Wildman–Crippen MR) is 97.1 cm³/mol. The number of carboxylic acids is 1. The maximum atomic E-state index is 13.0. The van der Waals surface area contributed by atoms with Gasteiger partial charge >= 0.3 is 5.97 Å². The van der Waals surface area contributed by atoms with Crippen LogP contribution in [0.2, 0.25) is 0 Å². The highest BCUT2D eigenvalue weighted by molar-refractivity contribution is 5.87. The van der Waals surface area contributed by atoms with Gasteiger partial charge in [0, 0.05) is 37.9 Å². The Balaban J connectivity index is 1.42. The first-order chi connectivity index (χ1) is 12.6. The average Bonchev–Trinajstić information content (AvgIpc) is 3.29. The van der Waals surface area contributed by atoms with Crippen LogP contribution in [0.25, 0.3) is 0 Å². The van der Waals surface area contributed by atoms with E-state index >= 15 is 0 Å². The molecule has 26 heavy (non-hydrogen) atoms. The molecule has 4 atom stereocenters. The van der Waals surface area contributed by atoms with Gasteiger partial charge in [0.05, 0.1) is 18.9 Å². The molecule has 0 spiro atoms. The van der Waals surface area contributed by atoms with Gasteiger partial charge < -0.3 is 19.6 Å². The van der Waals surface area contributed by atoms with Gasteiger partial charge in [-0.3, -0.25) is 9.59 Å². The molecule has 0 radical (unpaired) electrons. The SMILES string of the molecule is COc1cccc(N2CCN(C(=O)C3C4C=CC(C4)C3C(=O)O)CC2)c1. The molecule has 4 rings (SSSR count). The third kappa shape index (κ3) is 2.83. The molecular formula is C20H24N2O4. The normalized spacial score (nSPS) is 29.9. The van der Waals surface area contributed by atoms with Crippen molar-refractivity contribution < 1.29 is 19.4 Å². The number of carboxylic acid groups (broad SMARTS) is 1. The molecule has 138 valence electrons. The minimum Gasteiger partial charge on any atom is -0.497 e. The standard InChI is InChI=1S/C20H24N2O4/c1-26-16-4-2-3-15(12-16)21-7-9-22(10-8-21)19(23)17-13-5-6-14(11-13)18(17)20(24)25/h2-6,12-14,17-18H,7-11H2,1H3,(H,24,25). The van der Waals surface area contributed by atoms with E-state index in [0.29, 0.717) is 13.1 Å². The number of carbonyl (C=O) groups excluding carboxylic acids is 1. The van der Waals surface area contributed by atoms with E-state index in [1.165, 1.54) is 0 Å². The van der Waals surface area contributed by atoms with Gasteiger partial charge in [0.25, 0.3) is 0 Å². The molecule has 2 bridgehead atoms. The Morgan fingerprint density at radius 1 is 1.08 bits per heavy atom. The summed E-state index contributed by atoms with van der Waals surface area (Å²) in [5, 5.41) is 9.57. The van der Waals surface area contributed by atoms with Gasteiger partial charge in [-0.05, 0) is 30.4 Å². The first kappa shape index (κ1) is 16.9. The smallest absolute Gasteiger partial charge is 0.307 e. The fraction of sp³-hybridized carbons (Fsp3) is 0.500. The van der Waals surface area contributed by atoms with Gasteiger partial charge in [-0.15, -0.1) is 0 Å². The summed E-state index contributed by atoms with van der Waals surface area (Å²) in [6.45, 7) is 2.74. The minimum atomic E-state index is -0.838. The highest BCUT2D eigenvalue weighted by atomic mass is 16.5. The zero-order chi connectivity index (χ0) is 18.3.